The molecule has 0 N–H and O–H groups in total. The van der Waals surface area contributed by atoms with E-state index in [1.807, 2.05) is 0 Å². The SMILES string of the molecule is COc1cccnc1C(=O)c1ccnc(C)n1. The Kier molecular flexibility index (Phi) is 3.09. The molecule has 0 atom stereocenters. The quantitative estimate of drug-likeness (QED) is 0.745. The zero-order chi connectivity index (χ0) is 12.3. The molecule has 0 bridgehead atoms. The van der Waals surface area contributed by atoms with E-state index in [4.69, 9.17) is 4.74 Å². The van der Waals surface area contributed by atoms with Crippen molar-refractivity contribution in [3.05, 3.63) is 47.8 Å². The molecule has 5 heteroatoms. The summed E-state index contributed by atoms with van der Waals surface area (Å²) in [5.74, 6) is 0.715. The maximum Gasteiger partial charge on any atom is 0.233 e. The largest absolute Gasteiger partial charge is 0.494 e. The first kappa shape index (κ1) is 11.2. The highest BCUT2D eigenvalue weighted by molar-refractivity contribution is 6.08. The molecule has 0 fully saturated rings. The zero-order valence-electron chi connectivity index (χ0n) is 9.54. The van der Waals surface area contributed by atoms with Gasteiger partial charge in [0.1, 0.15) is 17.3 Å². The third-order valence-electron chi connectivity index (χ3n) is 2.21. The van der Waals surface area contributed by atoms with Crippen molar-refractivity contribution in [3.63, 3.8) is 0 Å². The summed E-state index contributed by atoms with van der Waals surface area (Å²) in [6.07, 6.45) is 3.09. The molecule has 0 radical (unpaired) electrons. The summed E-state index contributed by atoms with van der Waals surface area (Å²) in [6, 6.07) is 4.96. The van der Waals surface area contributed by atoms with E-state index in [1.54, 1.807) is 37.5 Å². The molecule has 86 valence electrons. The van der Waals surface area contributed by atoms with Crippen LogP contribution in [0.3, 0.4) is 0 Å². The molecule has 17 heavy (non-hydrogen) atoms. The summed E-state index contributed by atoms with van der Waals surface area (Å²) >= 11 is 0. The zero-order valence-corrected chi connectivity index (χ0v) is 9.54. The summed E-state index contributed by atoms with van der Waals surface area (Å²) < 4.78 is 5.09. The van der Waals surface area contributed by atoms with Gasteiger partial charge in [0.15, 0.2) is 5.69 Å². The van der Waals surface area contributed by atoms with Gasteiger partial charge in [0, 0.05) is 12.4 Å². The monoisotopic (exact) mass is 229 g/mol. The minimum Gasteiger partial charge on any atom is -0.494 e. The van der Waals surface area contributed by atoms with Gasteiger partial charge in [0.2, 0.25) is 5.78 Å². The predicted octanol–water partition coefficient (Wildman–Crippen LogP) is 1.42. The summed E-state index contributed by atoms with van der Waals surface area (Å²) in [5.41, 5.74) is 0.572. The van der Waals surface area contributed by atoms with Crippen LogP contribution in [0.15, 0.2) is 30.6 Å². The van der Waals surface area contributed by atoms with E-state index in [1.165, 1.54) is 7.11 Å². The molecule has 0 spiro atoms. The maximum atomic E-state index is 12.1. The molecule has 0 aliphatic rings. The van der Waals surface area contributed by atoms with Crippen molar-refractivity contribution in [1.82, 2.24) is 15.0 Å². The lowest BCUT2D eigenvalue weighted by Gasteiger charge is -2.05. The normalized spacial score (nSPS) is 10.0. The Morgan fingerprint density at radius 1 is 1.24 bits per heavy atom. The standard InChI is InChI=1S/C12H11N3O2/c1-8-13-7-5-9(15-8)12(16)11-10(17-2)4-3-6-14-11/h3-7H,1-2H3. The van der Waals surface area contributed by atoms with Gasteiger partial charge in [0.05, 0.1) is 7.11 Å². The van der Waals surface area contributed by atoms with Crippen molar-refractivity contribution in [1.29, 1.82) is 0 Å². The molecule has 5 nitrogen and oxygen atoms in total. The average Bonchev–Trinajstić information content (AvgIpc) is 2.38. The summed E-state index contributed by atoms with van der Waals surface area (Å²) in [4.78, 5) is 24.2. The number of ketones is 1. The van der Waals surface area contributed by atoms with E-state index >= 15 is 0 Å². The number of rotatable bonds is 3. The van der Waals surface area contributed by atoms with Gasteiger partial charge in [-0.05, 0) is 25.1 Å². The first-order chi connectivity index (χ1) is 8.22. The number of aromatic nitrogens is 3. The van der Waals surface area contributed by atoms with Crippen LogP contribution in [-0.2, 0) is 0 Å². The van der Waals surface area contributed by atoms with E-state index in [0.29, 0.717) is 17.3 Å². The smallest absolute Gasteiger partial charge is 0.233 e. The van der Waals surface area contributed by atoms with Crippen molar-refractivity contribution in [2.75, 3.05) is 7.11 Å². The topological polar surface area (TPSA) is 65.0 Å². The van der Waals surface area contributed by atoms with Crippen LogP contribution in [0.4, 0.5) is 0 Å². The van der Waals surface area contributed by atoms with Crippen LogP contribution in [0.5, 0.6) is 5.75 Å². The van der Waals surface area contributed by atoms with Gasteiger partial charge in [-0.2, -0.15) is 0 Å². The summed E-state index contributed by atoms with van der Waals surface area (Å²) in [6.45, 7) is 1.73. The predicted molar refractivity (Wildman–Crippen MR) is 61.0 cm³/mol. The van der Waals surface area contributed by atoms with Gasteiger partial charge in [0.25, 0.3) is 0 Å². The molecule has 2 aromatic heterocycles. The second-order valence-electron chi connectivity index (χ2n) is 3.37. The second-order valence-corrected chi connectivity index (χ2v) is 3.37. The van der Waals surface area contributed by atoms with Crippen molar-refractivity contribution in [2.24, 2.45) is 0 Å². The minimum atomic E-state index is -0.270. The Balaban J connectivity index is 2.44. The Hall–Kier alpha value is -2.30. The van der Waals surface area contributed by atoms with Crippen LogP contribution in [-0.4, -0.2) is 27.8 Å². The number of pyridine rings is 1. The molecule has 0 aliphatic heterocycles. The third-order valence-corrected chi connectivity index (χ3v) is 2.21. The van der Waals surface area contributed by atoms with Crippen LogP contribution in [0.1, 0.15) is 22.0 Å². The minimum absolute atomic E-state index is 0.258. The second kappa shape index (κ2) is 4.69. The van der Waals surface area contributed by atoms with E-state index in [0.717, 1.165) is 0 Å². The Morgan fingerprint density at radius 2 is 2.06 bits per heavy atom. The van der Waals surface area contributed by atoms with Crippen LogP contribution in [0.25, 0.3) is 0 Å². The molecule has 2 heterocycles. The van der Waals surface area contributed by atoms with Crippen LogP contribution in [0, 0.1) is 6.92 Å². The Morgan fingerprint density at radius 3 is 2.76 bits per heavy atom. The summed E-state index contributed by atoms with van der Waals surface area (Å²) in [7, 11) is 1.50. The molecular weight excluding hydrogens is 218 g/mol. The molecule has 0 aliphatic carbocycles. The molecule has 0 saturated carbocycles. The number of carbonyl (C=O) groups is 1. The van der Waals surface area contributed by atoms with E-state index < -0.39 is 0 Å². The fourth-order valence-corrected chi connectivity index (χ4v) is 1.43. The average molecular weight is 229 g/mol. The number of nitrogens with zero attached hydrogens (tertiary/aromatic N) is 3. The van der Waals surface area contributed by atoms with Gasteiger partial charge in [-0.3, -0.25) is 4.79 Å². The van der Waals surface area contributed by atoms with E-state index in [2.05, 4.69) is 15.0 Å². The molecule has 2 rings (SSSR count). The number of hydrogen-bond donors (Lipinski definition) is 0. The van der Waals surface area contributed by atoms with Crippen molar-refractivity contribution in [3.8, 4) is 5.75 Å². The van der Waals surface area contributed by atoms with Gasteiger partial charge >= 0.3 is 0 Å². The van der Waals surface area contributed by atoms with Gasteiger partial charge in [-0.25, -0.2) is 15.0 Å². The number of hydrogen-bond acceptors (Lipinski definition) is 5. The lowest BCUT2D eigenvalue weighted by molar-refractivity contribution is 0.102. The highest BCUT2D eigenvalue weighted by Crippen LogP contribution is 2.17. The Bertz CT molecular complexity index is 555. The van der Waals surface area contributed by atoms with E-state index in [9.17, 15) is 4.79 Å². The summed E-state index contributed by atoms with van der Waals surface area (Å²) in [5, 5.41) is 0. The fourth-order valence-electron chi connectivity index (χ4n) is 1.43. The fraction of sp³-hybridized carbons (Fsp3) is 0.167. The number of carbonyl (C=O) groups excluding carboxylic acids is 1. The number of aryl methyl sites for hydroxylation is 1. The van der Waals surface area contributed by atoms with Crippen molar-refractivity contribution >= 4 is 5.78 Å². The first-order valence-electron chi connectivity index (χ1n) is 5.05. The van der Waals surface area contributed by atoms with Crippen LogP contribution >= 0.6 is 0 Å². The van der Waals surface area contributed by atoms with Gasteiger partial charge in [-0.1, -0.05) is 0 Å². The van der Waals surface area contributed by atoms with E-state index in [-0.39, 0.29) is 11.5 Å². The van der Waals surface area contributed by atoms with Crippen LogP contribution in [0.2, 0.25) is 0 Å². The Labute approximate surface area is 98.5 Å². The molecular formula is C12H11N3O2. The molecule has 0 unspecified atom stereocenters. The highest BCUT2D eigenvalue weighted by Gasteiger charge is 2.16. The number of methoxy groups -OCH3 is 1. The van der Waals surface area contributed by atoms with Gasteiger partial charge < -0.3 is 4.74 Å². The molecule has 0 saturated heterocycles. The van der Waals surface area contributed by atoms with Crippen molar-refractivity contribution in [2.45, 2.75) is 6.92 Å². The maximum absolute atomic E-state index is 12.1. The lowest BCUT2D eigenvalue weighted by atomic mass is 10.2. The third kappa shape index (κ3) is 2.28. The molecule has 2 aromatic rings. The molecule has 0 amide bonds. The van der Waals surface area contributed by atoms with Gasteiger partial charge in [-0.15, -0.1) is 0 Å². The highest BCUT2D eigenvalue weighted by atomic mass is 16.5. The van der Waals surface area contributed by atoms with Crippen molar-refractivity contribution < 1.29 is 9.53 Å². The first-order valence-corrected chi connectivity index (χ1v) is 5.05. The van der Waals surface area contributed by atoms with Crippen LogP contribution < -0.4 is 4.74 Å². The number of ether oxygens (including phenoxy) is 1. The lowest BCUT2D eigenvalue weighted by Crippen LogP contribution is -2.09. The molecule has 0 aromatic carbocycles.